The zero-order chi connectivity index (χ0) is 15.2. The molecule has 0 saturated carbocycles. The summed E-state index contributed by atoms with van der Waals surface area (Å²) in [6.07, 6.45) is 2.36. The van der Waals surface area contributed by atoms with E-state index in [0.29, 0.717) is 19.5 Å². The van der Waals surface area contributed by atoms with E-state index in [9.17, 15) is 9.18 Å². The molecule has 1 aromatic rings. The van der Waals surface area contributed by atoms with E-state index in [-0.39, 0.29) is 23.9 Å². The lowest BCUT2D eigenvalue weighted by Crippen LogP contribution is -2.39. The highest BCUT2D eigenvalue weighted by Crippen LogP contribution is 2.16. The molecule has 2 rings (SSSR count). The number of nitrogens with two attached hydrogens (primary N) is 1. The van der Waals surface area contributed by atoms with Gasteiger partial charge >= 0.3 is 0 Å². The SMILES string of the molecule is CC(N)CC(=O)N(Cc1cccc(F)c1)CC1CCCO1. The van der Waals surface area contributed by atoms with E-state index < -0.39 is 0 Å². The summed E-state index contributed by atoms with van der Waals surface area (Å²) < 4.78 is 18.9. The molecule has 1 heterocycles. The minimum atomic E-state index is -0.288. The van der Waals surface area contributed by atoms with Gasteiger partial charge in [-0.25, -0.2) is 4.39 Å². The Morgan fingerprint density at radius 1 is 1.57 bits per heavy atom. The molecule has 1 fully saturated rings. The zero-order valence-corrected chi connectivity index (χ0v) is 12.4. The fraction of sp³-hybridized carbons (Fsp3) is 0.562. The molecule has 1 aromatic carbocycles. The molecule has 5 heteroatoms. The first kappa shape index (κ1) is 15.9. The van der Waals surface area contributed by atoms with E-state index in [1.54, 1.807) is 11.0 Å². The lowest BCUT2D eigenvalue weighted by molar-refractivity contribution is -0.133. The maximum atomic E-state index is 13.3. The third-order valence-corrected chi connectivity index (χ3v) is 3.56. The van der Waals surface area contributed by atoms with Crippen molar-refractivity contribution in [3.63, 3.8) is 0 Å². The molecule has 0 radical (unpaired) electrons. The van der Waals surface area contributed by atoms with Gasteiger partial charge in [0.05, 0.1) is 6.10 Å². The van der Waals surface area contributed by atoms with Crippen molar-refractivity contribution >= 4 is 5.91 Å². The van der Waals surface area contributed by atoms with Crippen molar-refractivity contribution in [2.45, 2.75) is 44.9 Å². The van der Waals surface area contributed by atoms with Crippen LogP contribution in [0.25, 0.3) is 0 Å². The Morgan fingerprint density at radius 2 is 2.38 bits per heavy atom. The monoisotopic (exact) mass is 294 g/mol. The van der Waals surface area contributed by atoms with Crippen molar-refractivity contribution in [3.8, 4) is 0 Å². The second kappa shape index (κ2) is 7.52. The van der Waals surface area contributed by atoms with Crippen molar-refractivity contribution in [2.75, 3.05) is 13.2 Å². The maximum Gasteiger partial charge on any atom is 0.224 e. The van der Waals surface area contributed by atoms with E-state index in [1.807, 2.05) is 13.0 Å². The van der Waals surface area contributed by atoms with E-state index in [1.165, 1.54) is 12.1 Å². The standard InChI is InChI=1S/C16H23FN2O2/c1-12(18)8-16(20)19(11-15-6-3-7-21-15)10-13-4-2-5-14(17)9-13/h2,4-5,9,12,15H,3,6-8,10-11,18H2,1H3. The van der Waals surface area contributed by atoms with Crippen LogP contribution in [0.5, 0.6) is 0 Å². The Labute approximate surface area is 125 Å². The normalized spacial score (nSPS) is 19.5. The quantitative estimate of drug-likeness (QED) is 0.874. The molecule has 2 unspecified atom stereocenters. The number of hydrogen-bond acceptors (Lipinski definition) is 3. The van der Waals surface area contributed by atoms with Gasteiger partial charge in [-0.2, -0.15) is 0 Å². The molecule has 0 aromatic heterocycles. The molecule has 1 aliphatic heterocycles. The Hall–Kier alpha value is -1.46. The minimum Gasteiger partial charge on any atom is -0.376 e. The molecule has 4 nitrogen and oxygen atoms in total. The van der Waals surface area contributed by atoms with Crippen molar-refractivity contribution in [2.24, 2.45) is 5.73 Å². The number of rotatable bonds is 6. The highest BCUT2D eigenvalue weighted by molar-refractivity contribution is 5.76. The largest absolute Gasteiger partial charge is 0.376 e. The van der Waals surface area contributed by atoms with Crippen molar-refractivity contribution in [3.05, 3.63) is 35.6 Å². The topological polar surface area (TPSA) is 55.6 Å². The van der Waals surface area contributed by atoms with Gasteiger partial charge in [-0.3, -0.25) is 4.79 Å². The zero-order valence-electron chi connectivity index (χ0n) is 12.4. The van der Waals surface area contributed by atoms with Crippen molar-refractivity contribution in [1.82, 2.24) is 4.90 Å². The third-order valence-electron chi connectivity index (χ3n) is 3.56. The summed E-state index contributed by atoms with van der Waals surface area (Å²) in [5.41, 5.74) is 6.50. The molecule has 21 heavy (non-hydrogen) atoms. The molecule has 1 aliphatic rings. The van der Waals surface area contributed by atoms with E-state index in [4.69, 9.17) is 10.5 Å². The van der Waals surface area contributed by atoms with Crippen LogP contribution in [0.2, 0.25) is 0 Å². The van der Waals surface area contributed by atoms with E-state index in [0.717, 1.165) is 25.0 Å². The maximum absolute atomic E-state index is 13.3. The van der Waals surface area contributed by atoms with Gasteiger partial charge in [0, 0.05) is 32.2 Å². The smallest absolute Gasteiger partial charge is 0.224 e. The van der Waals surface area contributed by atoms with Gasteiger partial charge in [0.15, 0.2) is 0 Å². The van der Waals surface area contributed by atoms with Crippen LogP contribution in [-0.2, 0) is 16.1 Å². The fourth-order valence-corrected chi connectivity index (χ4v) is 2.55. The van der Waals surface area contributed by atoms with Crippen molar-refractivity contribution < 1.29 is 13.9 Å². The summed E-state index contributed by atoms with van der Waals surface area (Å²) in [4.78, 5) is 14.1. The summed E-state index contributed by atoms with van der Waals surface area (Å²) >= 11 is 0. The van der Waals surface area contributed by atoms with Gasteiger partial charge < -0.3 is 15.4 Å². The third kappa shape index (κ3) is 5.10. The first-order valence-corrected chi connectivity index (χ1v) is 7.44. The molecule has 1 amide bonds. The van der Waals surface area contributed by atoms with E-state index >= 15 is 0 Å². The van der Waals surface area contributed by atoms with Crippen LogP contribution in [0, 0.1) is 5.82 Å². The second-order valence-electron chi connectivity index (χ2n) is 5.72. The molecule has 116 valence electrons. The molecular formula is C16H23FN2O2. The molecule has 0 spiro atoms. The highest BCUT2D eigenvalue weighted by Gasteiger charge is 2.23. The number of hydrogen-bond donors (Lipinski definition) is 1. The first-order chi connectivity index (χ1) is 10.0. The summed E-state index contributed by atoms with van der Waals surface area (Å²) in [7, 11) is 0. The summed E-state index contributed by atoms with van der Waals surface area (Å²) in [5.74, 6) is -0.297. The predicted octanol–water partition coefficient (Wildman–Crippen LogP) is 2.07. The average Bonchev–Trinajstić information content (AvgIpc) is 2.90. The van der Waals surface area contributed by atoms with Gasteiger partial charge in [0.2, 0.25) is 5.91 Å². The first-order valence-electron chi connectivity index (χ1n) is 7.44. The van der Waals surface area contributed by atoms with Gasteiger partial charge in [0.1, 0.15) is 5.82 Å². The Kier molecular flexibility index (Phi) is 5.70. The molecule has 1 saturated heterocycles. The molecule has 0 aliphatic carbocycles. The van der Waals surface area contributed by atoms with Gasteiger partial charge in [-0.15, -0.1) is 0 Å². The van der Waals surface area contributed by atoms with Gasteiger partial charge in [-0.05, 0) is 37.5 Å². The van der Waals surface area contributed by atoms with Crippen LogP contribution >= 0.6 is 0 Å². The number of amides is 1. The van der Waals surface area contributed by atoms with Gasteiger partial charge in [0.25, 0.3) is 0 Å². The van der Waals surface area contributed by atoms with Crippen LogP contribution in [0.1, 0.15) is 31.7 Å². The Bertz CT molecular complexity index is 473. The van der Waals surface area contributed by atoms with Crippen molar-refractivity contribution in [1.29, 1.82) is 0 Å². The predicted molar refractivity (Wildman–Crippen MR) is 79.1 cm³/mol. The summed E-state index contributed by atoms with van der Waals surface area (Å²) in [6, 6.07) is 6.16. The highest BCUT2D eigenvalue weighted by atomic mass is 19.1. The molecule has 2 atom stereocenters. The lowest BCUT2D eigenvalue weighted by Gasteiger charge is -2.26. The molecule has 2 N–H and O–H groups in total. The van der Waals surface area contributed by atoms with Crippen LogP contribution in [0.4, 0.5) is 4.39 Å². The van der Waals surface area contributed by atoms with Crippen LogP contribution < -0.4 is 5.73 Å². The minimum absolute atomic E-state index is 0.00948. The number of carbonyl (C=O) groups excluding carboxylic acids is 1. The Morgan fingerprint density at radius 3 is 3.00 bits per heavy atom. The van der Waals surface area contributed by atoms with E-state index in [2.05, 4.69) is 0 Å². The average molecular weight is 294 g/mol. The van der Waals surface area contributed by atoms with Crippen LogP contribution in [0.3, 0.4) is 0 Å². The molecular weight excluding hydrogens is 271 g/mol. The number of carbonyl (C=O) groups is 1. The number of nitrogens with zero attached hydrogens (tertiary/aromatic N) is 1. The second-order valence-corrected chi connectivity index (χ2v) is 5.72. The number of ether oxygens (including phenoxy) is 1. The summed E-state index contributed by atoms with van der Waals surface area (Å²) in [5, 5.41) is 0. The lowest BCUT2D eigenvalue weighted by atomic mass is 10.1. The summed E-state index contributed by atoms with van der Waals surface area (Å²) in [6.45, 7) is 3.50. The molecule has 0 bridgehead atoms. The fourth-order valence-electron chi connectivity index (χ4n) is 2.55. The van der Waals surface area contributed by atoms with Crippen LogP contribution in [0.15, 0.2) is 24.3 Å². The Balaban J connectivity index is 2.04. The van der Waals surface area contributed by atoms with Gasteiger partial charge in [-0.1, -0.05) is 12.1 Å². The van der Waals surface area contributed by atoms with Crippen LogP contribution in [-0.4, -0.2) is 36.1 Å². The number of halogens is 1. The number of benzene rings is 1.